The number of nitrogens with one attached hydrogen (secondary N) is 1. The Hall–Kier alpha value is -2.61. The summed E-state index contributed by atoms with van der Waals surface area (Å²) in [6.45, 7) is 7.56. The smallest absolute Gasteiger partial charge is 0.410 e. The summed E-state index contributed by atoms with van der Waals surface area (Å²) in [6, 6.07) is 10.9. The minimum Gasteiger partial charge on any atom is -0.444 e. The summed E-state index contributed by atoms with van der Waals surface area (Å²) in [5.74, 6) is 1.14. The lowest BCUT2D eigenvalue weighted by molar-refractivity contribution is 0.0205. The minimum absolute atomic E-state index is 0.242. The number of sulfone groups is 1. The van der Waals surface area contributed by atoms with E-state index >= 15 is 0 Å². The number of ether oxygens (including phenoxy) is 1. The molecule has 3 rings (SSSR count). The molecule has 0 aliphatic carbocycles. The molecule has 1 fully saturated rings. The fourth-order valence-corrected chi connectivity index (χ4v) is 4.15. The highest BCUT2D eigenvalue weighted by atomic mass is 32.2. The topological polar surface area (TPSA) is 88.6 Å². The Balaban J connectivity index is 1.50. The lowest BCUT2D eigenvalue weighted by atomic mass is 9.90. The Morgan fingerprint density at radius 1 is 1.13 bits per heavy atom. The van der Waals surface area contributed by atoms with Crippen molar-refractivity contribution in [1.82, 2.24) is 9.88 Å². The van der Waals surface area contributed by atoms with Crippen LogP contribution in [0.1, 0.15) is 50.7 Å². The number of carbonyl (C=O) groups is 1. The van der Waals surface area contributed by atoms with Crippen molar-refractivity contribution >= 4 is 21.7 Å². The molecule has 1 saturated heterocycles. The number of hydrogen-bond donors (Lipinski definition) is 1. The van der Waals surface area contributed by atoms with Crippen molar-refractivity contribution < 1.29 is 17.9 Å². The van der Waals surface area contributed by atoms with Crippen molar-refractivity contribution in [3.63, 3.8) is 0 Å². The van der Waals surface area contributed by atoms with E-state index in [0.29, 0.717) is 30.4 Å². The van der Waals surface area contributed by atoms with Crippen LogP contribution in [-0.4, -0.2) is 49.3 Å². The Labute approximate surface area is 184 Å². The van der Waals surface area contributed by atoms with Crippen LogP contribution in [0.2, 0.25) is 0 Å². The fraction of sp³-hybridized carbons (Fsp3) is 0.478. The lowest BCUT2D eigenvalue weighted by Crippen LogP contribution is -2.41. The summed E-state index contributed by atoms with van der Waals surface area (Å²) < 4.78 is 28.5. The van der Waals surface area contributed by atoms with E-state index in [2.05, 4.69) is 16.4 Å². The zero-order valence-corrected chi connectivity index (χ0v) is 19.4. The predicted molar refractivity (Wildman–Crippen MR) is 121 cm³/mol. The number of rotatable bonds is 5. The average Bonchev–Trinajstić information content (AvgIpc) is 2.71. The number of nitrogens with zero attached hydrogens (tertiary/aromatic N) is 2. The molecule has 8 heteroatoms. The van der Waals surface area contributed by atoms with Gasteiger partial charge in [-0.25, -0.2) is 18.2 Å². The maximum Gasteiger partial charge on any atom is 0.410 e. The molecule has 0 spiro atoms. The van der Waals surface area contributed by atoms with Crippen LogP contribution >= 0.6 is 0 Å². The highest BCUT2D eigenvalue weighted by molar-refractivity contribution is 7.90. The summed E-state index contributed by atoms with van der Waals surface area (Å²) in [7, 11) is -3.18. The van der Waals surface area contributed by atoms with Crippen LogP contribution < -0.4 is 5.32 Å². The van der Waals surface area contributed by atoms with Gasteiger partial charge in [0.2, 0.25) is 0 Å². The first-order valence-corrected chi connectivity index (χ1v) is 12.4. The first-order chi connectivity index (χ1) is 14.5. The molecule has 0 radical (unpaired) electrons. The quantitative estimate of drug-likeness (QED) is 0.742. The number of carbonyl (C=O) groups excluding carboxylic acids is 1. The molecule has 1 aromatic heterocycles. The van der Waals surface area contributed by atoms with Gasteiger partial charge in [-0.1, -0.05) is 18.2 Å². The number of piperidine rings is 1. The Bertz CT molecular complexity index is 989. The molecule has 1 aliphatic rings. The van der Waals surface area contributed by atoms with Crippen LogP contribution in [0.15, 0.2) is 47.5 Å². The number of aromatic nitrogens is 1. The second-order valence-electron chi connectivity index (χ2n) is 8.99. The molecule has 1 N–H and O–H groups in total. The first kappa shape index (κ1) is 23.1. The normalized spacial score (nSPS) is 15.5. The molecule has 7 nitrogen and oxygen atoms in total. The molecule has 0 unspecified atom stereocenters. The maximum atomic E-state index is 12.2. The second-order valence-corrected chi connectivity index (χ2v) is 11.0. The summed E-state index contributed by atoms with van der Waals surface area (Å²) in [5.41, 5.74) is 1.68. The molecule has 0 atom stereocenters. The van der Waals surface area contributed by atoms with Gasteiger partial charge < -0.3 is 15.0 Å². The molecule has 2 aromatic rings. The second kappa shape index (κ2) is 9.26. The molecule has 1 amide bonds. The Morgan fingerprint density at radius 3 is 2.29 bits per heavy atom. The van der Waals surface area contributed by atoms with E-state index in [1.165, 1.54) is 11.8 Å². The first-order valence-electron chi connectivity index (χ1n) is 10.5. The molecule has 31 heavy (non-hydrogen) atoms. The number of pyridine rings is 1. The van der Waals surface area contributed by atoms with Gasteiger partial charge in [-0.2, -0.15) is 0 Å². The van der Waals surface area contributed by atoms with Crippen LogP contribution in [-0.2, 0) is 21.1 Å². The fourth-order valence-electron chi connectivity index (χ4n) is 3.52. The number of benzene rings is 1. The zero-order valence-electron chi connectivity index (χ0n) is 18.6. The van der Waals surface area contributed by atoms with Crippen LogP contribution in [0.4, 0.5) is 10.6 Å². The van der Waals surface area contributed by atoms with Crippen molar-refractivity contribution in [2.45, 2.75) is 56.6 Å². The van der Waals surface area contributed by atoms with Crippen molar-refractivity contribution in [3.05, 3.63) is 53.7 Å². The molecule has 1 aliphatic heterocycles. The van der Waals surface area contributed by atoms with Gasteiger partial charge in [0.05, 0.1) is 4.90 Å². The zero-order chi connectivity index (χ0) is 22.6. The number of hydrogen-bond acceptors (Lipinski definition) is 6. The van der Waals surface area contributed by atoms with E-state index in [0.717, 1.165) is 24.2 Å². The van der Waals surface area contributed by atoms with E-state index in [1.807, 2.05) is 33.0 Å². The van der Waals surface area contributed by atoms with E-state index in [-0.39, 0.29) is 6.09 Å². The molecular formula is C23H31N3O4S. The standard InChI is InChI=1S/C23H31N3O4S/c1-23(2,3)30-22(27)26-13-11-18(12-14-26)19-7-10-21(25-16-19)24-15-17-5-8-20(9-6-17)31(4,28)29/h5-10,16,18H,11-15H2,1-4H3,(H,24,25). The number of likely N-dealkylation sites (tertiary alicyclic amines) is 1. The van der Waals surface area contributed by atoms with Gasteiger partial charge >= 0.3 is 6.09 Å². The van der Waals surface area contributed by atoms with Crippen LogP contribution in [0.3, 0.4) is 0 Å². The summed E-state index contributed by atoms with van der Waals surface area (Å²) >= 11 is 0. The van der Waals surface area contributed by atoms with Crippen molar-refractivity contribution in [2.75, 3.05) is 24.7 Å². The van der Waals surface area contributed by atoms with Gasteiger partial charge in [0, 0.05) is 32.1 Å². The van der Waals surface area contributed by atoms with Gasteiger partial charge in [-0.15, -0.1) is 0 Å². The number of anilines is 1. The highest BCUT2D eigenvalue weighted by Gasteiger charge is 2.27. The summed E-state index contributed by atoms with van der Waals surface area (Å²) in [4.78, 5) is 18.8. The van der Waals surface area contributed by atoms with Crippen molar-refractivity contribution in [1.29, 1.82) is 0 Å². The molecule has 1 aromatic carbocycles. The van der Waals surface area contributed by atoms with E-state index in [1.54, 1.807) is 29.2 Å². The minimum atomic E-state index is -3.18. The van der Waals surface area contributed by atoms with Crippen molar-refractivity contribution in [2.24, 2.45) is 0 Å². The molecular weight excluding hydrogens is 414 g/mol. The van der Waals surface area contributed by atoms with Gasteiger partial charge in [-0.05, 0) is 68.9 Å². The van der Waals surface area contributed by atoms with Gasteiger partial charge in [0.1, 0.15) is 11.4 Å². The predicted octanol–water partition coefficient (Wildman–Crippen LogP) is 4.21. The van der Waals surface area contributed by atoms with Crippen LogP contribution in [0.5, 0.6) is 0 Å². The molecule has 0 saturated carbocycles. The summed E-state index contributed by atoms with van der Waals surface area (Å²) in [5, 5.41) is 3.26. The third-order valence-corrected chi connectivity index (χ3v) is 6.36. The Morgan fingerprint density at radius 2 is 1.77 bits per heavy atom. The van der Waals surface area contributed by atoms with Gasteiger partial charge in [-0.3, -0.25) is 0 Å². The van der Waals surface area contributed by atoms with Gasteiger partial charge in [0.15, 0.2) is 9.84 Å². The lowest BCUT2D eigenvalue weighted by Gasteiger charge is -2.33. The van der Waals surface area contributed by atoms with E-state index < -0.39 is 15.4 Å². The highest BCUT2D eigenvalue weighted by Crippen LogP contribution is 2.29. The summed E-state index contributed by atoms with van der Waals surface area (Å²) in [6.07, 6.45) is 4.63. The molecule has 0 bridgehead atoms. The average molecular weight is 446 g/mol. The van der Waals surface area contributed by atoms with Crippen LogP contribution in [0, 0.1) is 0 Å². The maximum absolute atomic E-state index is 12.2. The number of amides is 1. The van der Waals surface area contributed by atoms with Crippen molar-refractivity contribution in [3.8, 4) is 0 Å². The SMILES string of the molecule is CC(C)(C)OC(=O)N1CCC(c2ccc(NCc3ccc(S(C)(=O)=O)cc3)nc2)CC1. The van der Waals surface area contributed by atoms with Crippen LogP contribution in [0.25, 0.3) is 0 Å². The largest absolute Gasteiger partial charge is 0.444 e. The molecule has 168 valence electrons. The molecule has 2 heterocycles. The Kier molecular flexibility index (Phi) is 6.89. The third-order valence-electron chi connectivity index (χ3n) is 5.23. The van der Waals surface area contributed by atoms with Gasteiger partial charge in [0.25, 0.3) is 0 Å². The van der Waals surface area contributed by atoms with E-state index in [9.17, 15) is 13.2 Å². The monoisotopic (exact) mass is 445 g/mol. The van der Waals surface area contributed by atoms with E-state index in [4.69, 9.17) is 4.74 Å². The third kappa shape index (κ3) is 6.69.